The second kappa shape index (κ2) is 6.52. The summed E-state index contributed by atoms with van der Waals surface area (Å²) in [5.74, 6) is 1.13. The van der Waals surface area contributed by atoms with E-state index in [0.29, 0.717) is 17.7 Å². The lowest BCUT2D eigenvalue weighted by Crippen LogP contribution is -2.04. The molecule has 0 radical (unpaired) electrons. The maximum absolute atomic E-state index is 6.26. The third kappa shape index (κ3) is 3.48. The zero-order chi connectivity index (χ0) is 14.7. The third-order valence-electron chi connectivity index (χ3n) is 2.89. The fourth-order valence-electron chi connectivity index (χ4n) is 1.82. The topological polar surface area (TPSA) is 47.0 Å². The van der Waals surface area contributed by atoms with Crippen molar-refractivity contribution in [2.75, 3.05) is 7.05 Å². The van der Waals surface area contributed by atoms with Crippen LogP contribution in [0.2, 0.25) is 5.02 Å². The fourth-order valence-corrected chi connectivity index (χ4v) is 2.97. The summed E-state index contributed by atoms with van der Waals surface area (Å²) in [7, 11) is 1.88. The average molecular weight is 312 g/mol. The van der Waals surface area contributed by atoms with Crippen LogP contribution in [0.4, 0.5) is 0 Å². The van der Waals surface area contributed by atoms with Crippen molar-refractivity contribution in [2.45, 2.75) is 33.2 Å². The van der Waals surface area contributed by atoms with Crippen LogP contribution in [0.25, 0.3) is 0 Å². The van der Waals surface area contributed by atoms with Crippen LogP contribution in [0.1, 0.15) is 35.9 Å². The van der Waals surface area contributed by atoms with Gasteiger partial charge in [-0.3, -0.25) is 0 Å². The Morgan fingerprint density at radius 1 is 1.35 bits per heavy atom. The lowest BCUT2D eigenvalue weighted by Gasteiger charge is -2.12. The molecular formula is C14H18ClN3OS. The average Bonchev–Trinajstić information content (AvgIpc) is 2.80. The van der Waals surface area contributed by atoms with E-state index in [1.165, 1.54) is 11.3 Å². The van der Waals surface area contributed by atoms with Gasteiger partial charge in [0.2, 0.25) is 0 Å². The summed E-state index contributed by atoms with van der Waals surface area (Å²) in [5, 5.41) is 13.4. The molecule has 1 heterocycles. The van der Waals surface area contributed by atoms with Gasteiger partial charge in [0.15, 0.2) is 0 Å². The monoisotopic (exact) mass is 311 g/mol. The molecule has 1 aromatic carbocycles. The van der Waals surface area contributed by atoms with Crippen LogP contribution in [-0.2, 0) is 6.54 Å². The van der Waals surface area contributed by atoms with Gasteiger partial charge in [0.25, 0.3) is 5.19 Å². The van der Waals surface area contributed by atoms with Crippen molar-refractivity contribution in [3.05, 3.63) is 33.3 Å². The molecule has 0 atom stereocenters. The standard InChI is InChI=1S/C14H18ClN3OS/c1-8(2)10-6-12(9(3)5-11(10)15)19-14-18-17-13(20-14)7-16-4/h5-6,8,16H,7H2,1-4H3. The van der Waals surface area contributed by atoms with Gasteiger partial charge in [-0.1, -0.05) is 41.9 Å². The van der Waals surface area contributed by atoms with E-state index >= 15 is 0 Å². The molecule has 0 saturated heterocycles. The molecule has 6 heteroatoms. The van der Waals surface area contributed by atoms with E-state index in [0.717, 1.165) is 26.9 Å². The Hall–Kier alpha value is -1.17. The van der Waals surface area contributed by atoms with Gasteiger partial charge < -0.3 is 10.1 Å². The molecule has 1 N–H and O–H groups in total. The Kier molecular flexibility index (Phi) is 4.96. The van der Waals surface area contributed by atoms with Crippen LogP contribution in [0.15, 0.2) is 12.1 Å². The molecule has 0 aliphatic heterocycles. The summed E-state index contributed by atoms with van der Waals surface area (Å²) in [6.45, 7) is 6.88. The highest BCUT2D eigenvalue weighted by molar-refractivity contribution is 7.13. The Bertz CT molecular complexity index is 598. The zero-order valence-corrected chi connectivity index (χ0v) is 13.6. The van der Waals surface area contributed by atoms with Crippen LogP contribution in [0, 0.1) is 6.92 Å². The summed E-state index contributed by atoms with van der Waals surface area (Å²) in [6.07, 6.45) is 0. The third-order valence-corrected chi connectivity index (χ3v) is 4.02. The van der Waals surface area contributed by atoms with Crippen molar-refractivity contribution in [2.24, 2.45) is 0 Å². The minimum Gasteiger partial charge on any atom is -0.430 e. The second-order valence-electron chi connectivity index (χ2n) is 4.89. The van der Waals surface area contributed by atoms with Crippen LogP contribution in [0.3, 0.4) is 0 Å². The predicted octanol–water partition coefficient (Wildman–Crippen LogP) is 4.14. The predicted molar refractivity (Wildman–Crippen MR) is 83.0 cm³/mol. The number of aryl methyl sites for hydroxylation is 1. The first-order chi connectivity index (χ1) is 9.51. The lowest BCUT2D eigenvalue weighted by molar-refractivity contribution is 0.468. The van der Waals surface area contributed by atoms with Crippen molar-refractivity contribution in [3.8, 4) is 10.9 Å². The van der Waals surface area contributed by atoms with Gasteiger partial charge in [0, 0.05) is 11.6 Å². The largest absolute Gasteiger partial charge is 0.430 e. The zero-order valence-electron chi connectivity index (χ0n) is 12.0. The highest BCUT2D eigenvalue weighted by Crippen LogP contribution is 2.34. The smallest absolute Gasteiger partial charge is 0.299 e. The van der Waals surface area contributed by atoms with E-state index in [9.17, 15) is 0 Å². The summed E-state index contributed by atoms with van der Waals surface area (Å²) < 4.78 is 5.84. The normalized spacial score (nSPS) is 11.1. The molecular weight excluding hydrogens is 294 g/mol. The van der Waals surface area contributed by atoms with Gasteiger partial charge in [-0.05, 0) is 43.1 Å². The van der Waals surface area contributed by atoms with Crippen molar-refractivity contribution in [1.82, 2.24) is 15.5 Å². The van der Waals surface area contributed by atoms with Crippen LogP contribution < -0.4 is 10.1 Å². The Morgan fingerprint density at radius 2 is 2.10 bits per heavy atom. The number of hydrogen-bond acceptors (Lipinski definition) is 5. The van der Waals surface area contributed by atoms with E-state index in [4.69, 9.17) is 16.3 Å². The second-order valence-corrected chi connectivity index (χ2v) is 6.32. The van der Waals surface area contributed by atoms with E-state index in [1.54, 1.807) is 0 Å². The number of nitrogens with one attached hydrogen (secondary N) is 1. The number of hydrogen-bond donors (Lipinski definition) is 1. The van der Waals surface area contributed by atoms with E-state index in [2.05, 4.69) is 29.4 Å². The van der Waals surface area contributed by atoms with E-state index < -0.39 is 0 Å². The number of ether oxygens (including phenoxy) is 1. The van der Waals surface area contributed by atoms with Crippen molar-refractivity contribution in [3.63, 3.8) is 0 Å². The molecule has 20 heavy (non-hydrogen) atoms. The van der Waals surface area contributed by atoms with Gasteiger partial charge in [-0.25, -0.2) is 0 Å². The maximum atomic E-state index is 6.26. The quantitative estimate of drug-likeness (QED) is 0.901. The first-order valence-electron chi connectivity index (χ1n) is 6.46. The highest BCUT2D eigenvalue weighted by atomic mass is 35.5. The molecule has 0 aliphatic rings. The molecule has 2 aromatic rings. The van der Waals surface area contributed by atoms with Crippen molar-refractivity contribution >= 4 is 22.9 Å². The molecule has 1 aromatic heterocycles. The Labute approximate surface area is 128 Å². The number of halogens is 1. The highest BCUT2D eigenvalue weighted by Gasteiger charge is 2.12. The van der Waals surface area contributed by atoms with Crippen LogP contribution in [0.5, 0.6) is 10.9 Å². The van der Waals surface area contributed by atoms with Crippen LogP contribution >= 0.6 is 22.9 Å². The molecule has 0 amide bonds. The van der Waals surface area contributed by atoms with Crippen LogP contribution in [-0.4, -0.2) is 17.2 Å². The first-order valence-corrected chi connectivity index (χ1v) is 7.65. The number of nitrogens with zero attached hydrogens (tertiary/aromatic N) is 2. The number of rotatable bonds is 5. The molecule has 0 spiro atoms. The summed E-state index contributed by atoms with van der Waals surface area (Å²) in [5.41, 5.74) is 2.07. The minimum atomic E-state index is 0.347. The van der Waals surface area contributed by atoms with Crippen molar-refractivity contribution < 1.29 is 4.74 Å². The summed E-state index contributed by atoms with van der Waals surface area (Å²) >= 11 is 7.70. The molecule has 4 nitrogen and oxygen atoms in total. The first kappa shape index (κ1) is 15.2. The molecule has 108 valence electrons. The minimum absolute atomic E-state index is 0.347. The number of aromatic nitrogens is 2. The summed E-state index contributed by atoms with van der Waals surface area (Å²) in [6, 6.07) is 3.92. The molecule has 0 unspecified atom stereocenters. The fraction of sp³-hybridized carbons (Fsp3) is 0.429. The molecule has 0 aliphatic carbocycles. The molecule has 0 bridgehead atoms. The molecule has 0 saturated carbocycles. The van der Waals surface area contributed by atoms with Gasteiger partial charge >= 0.3 is 0 Å². The van der Waals surface area contributed by atoms with Crippen molar-refractivity contribution in [1.29, 1.82) is 0 Å². The molecule has 0 fully saturated rings. The van der Waals surface area contributed by atoms with Gasteiger partial charge in [0.1, 0.15) is 10.8 Å². The lowest BCUT2D eigenvalue weighted by atomic mass is 10.0. The van der Waals surface area contributed by atoms with Gasteiger partial charge in [-0.2, -0.15) is 0 Å². The van der Waals surface area contributed by atoms with E-state index in [-0.39, 0.29) is 0 Å². The summed E-state index contributed by atoms with van der Waals surface area (Å²) in [4.78, 5) is 0. The SMILES string of the molecule is CNCc1nnc(Oc2cc(C(C)C)c(Cl)cc2C)s1. The number of benzene rings is 1. The Morgan fingerprint density at radius 3 is 2.75 bits per heavy atom. The van der Waals surface area contributed by atoms with Gasteiger partial charge in [-0.15, -0.1) is 5.10 Å². The maximum Gasteiger partial charge on any atom is 0.299 e. The molecule has 2 rings (SSSR count). The Balaban J connectivity index is 2.25. The van der Waals surface area contributed by atoms with Gasteiger partial charge in [0.05, 0.1) is 0 Å². The van der Waals surface area contributed by atoms with E-state index in [1.807, 2.05) is 26.1 Å².